The summed E-state index contributed by atoms with van der Waals surface area (Å²) in [7, 11) is -3.89. The first kappa shape index (κ1) is 26.2. The number of nitrogens with one attached hydrogen (secondary N) is 1. The van der Waals surface area contributed by atoms with Crippen molar-refractivity contribution in [2.24, 2.45) is 10.8 Å². The van der Waals surface area contributed by atoms with Gasteiger partial charge < -0.3 is 14.8 Å². The first-order valence-electron chi connectivity index (χ1n) is 9.37. The van der Waals surface area contributed by atoms with Crippen molar-refractivity contribution in [3.63, 3.8) is 0 Å². The number of hydrogen-bond donors (Lipinski definition) is 2. The average Bonchev–Trinajstić information content (AvgIpc) is 2.63. The van der Waals surface area contributed by atoms with Gasteiger partial charge in [-0.1, -0.05) is 13.8 Å². The quantitative estimate of drug-likeness (QED) is 0.230. The third-order valence-corrected chi connectivity index (χ3v) is 5.27. The van der Waals surface area contributed by atoms with Gasteiger partial charge in [0.1, 0.15) is 13.2 Å². The third-order valence-electron chi connectivity index (χ3n) is 3.91. The van der Waals surface area contributed by atoms with E-state index in [1.807, 2.05) is 6.07 Å². The van der Waals surface area contributed by atoms with Crippen molar-refractivity contribution in [3.05, 3.63) is 0 Å². The molecule has 12 heteroatoms. The Labute approximate surface area is 176 Å². The fourth-order valence-corrected chi connectivity index (χ4v) is 3.65. The van der Waals surface area contributed by atoms with Crippen LogP contribution >= 0.6 is 8.17 Å². The minimum Gasteiger partial charge on any atom is -0.465 e. The third kappa shape index (κ3) is 8.50. The predicted molar refractivity (Wildman–Crippen MR) is 104 cm³/mol. The first-order chi connectivity index (χ1) is 13.8. The molecule has 0 aromatic rings. The van der Waals surface area contributed by atoms with Crippen molar-refractivity contribution in [2.75, 3.05) is 26.6 Å². The smallest absolute Gasteiger partial charge is 0.465 e. The summed E-state index contributed by atoms with van der Waals surface area (Å²) in [5.41, 5.74) is -1.55. The molecule has 1 heterocycles. The lowest BCUT2D eigenvalue weighted by Crippen LogP contribution is -2.50. The highest BCUT2D eigenvalue weighted by Gasteiger charge is 2.59. The van der Waals surface area contributed by atoms with Gasteiger partial charge in [0.25, 0.3) is 5.91 Å². The number of esters is 2. The van der Waals surface area contributed by atoms with Gasteiger partial charge in [0, 0.05) is 12.0 Å². The van der Waals surface area contributed by atoms with E-state index in [9.17, 15) is 19.3 Å². The fraction of sp³-hybridized carbons (Fsp3) is 0.778. The molecular formula is C18H30N2O9P+. The minimum atomic E-state index is -3.89. The SMILES string of the molecule is CC(C)(C)C(=O)OCO[P+]1(O)OCC(C)(C)[C@H](C(=O)NCCC(=O)OCCC#N)O1. The zero-order valence-corrected chi connectivity index (χ0v) is 18.8. The van der Waals surface area contributed by atoms with E-state index in [4.69, 9.17) is 28.3 Å². The molecule has 1 amide bonds. The van der Waals surface area contributed by atoms with Crippen LogP contribution in [0.3, 0.4) is 0 Å². The highest BCUT2D eigenvalue weighted by Crippen LogP contribution is 2.63. The molecule has 1 rings (SSSR count). The number of ether oxygens (including phenoxy) is 2. The zero-order valence-electron chi connectivity index (χ0n) is 17.9. The van der Waals surface area contributed by atoms with E-state index in [0.717, 1.165) is 0 Å². The molecule has 1 unspecified atom stereocenters. The molecule has 1 saturated heterocycles. The van der Waals surface area contributed by atoms with Crippen LogP contribution in [0.15, 0.2) is 0 Å². The van der Waals surface area contributed by atoms with Crippen LogP contribution in [0.25, 0.3) is 0 Å². The summed E-state index contributed by atoms with van der Waals surface area (Å²) in [6.45, 7) is 7.74. The van der Waals surface area contributed by atoms with Gasteiger partial charge in [0.2, 0.25) is 6.79 Å². The fourth-order valence-electron chi connectivity index (χ4n) is 2.13. The molecule has 30 heavy (non-hydrogen) atoms. The lowest BCUT2D eigenvalue weighted by atomic mass is 9.87. The molecule has 0 aliphatic carbocycles. The van der Waals surface area contributed by atoms with Crippen molar-refractivity contribution in [3.8, 4) is 6.07 Å². The van der Waals surface area contributed by atoms with E-state index in [2.05, 4.69) is 5.32 Å². The molecule has 0 saturated carbocycles. The summed E-state index contributed by atoms with van der Waals surface area (Å²) in [4.78, 5) is 46.3. The molecule has 2 atom stereocenters. The number of hydrogen-bond acceptors (Lipinski definition) is 10. The largest absolute Gasteiger partial charge is 0.576 e. The standard InChI is InChI=1S/C18H29N2O9P/c1-17(2,3)16(23)26-12-28-30(24)27-11-18(4,5)14(29-30)15(22)20-9-7-13(21)25-10-6-8-19/h14,24H,6-7,9-12H2,1-5H3/p+1/t14-,30?/m0/s1. The Hall–Kier alpha value is -1.83. The molecule has 1 aliphatic rings. The van der Waals surface area contributed by atoms with E-state index in [1.54, 1.807) is 34.6 Å². The molecule has 0 bridgehead atoms. The molecular weight excluding hydrogens is 419 g/mol. The summed E-state index contributed by atoms with van der Waals surface area (Å²) in [5.74, 6) is -1.66. The van der Waals surface area contributed by atoms with Crippen LogP contribution in [0.2, 0.25) is 0 Å². The Morgan fingerprint density at radius 3 is 2.57 bits per heavy atom. The van der Waals surface area contributed by atoms with Crippen molar-refractivity contribution in [2.45, 2.75) is 53.6 Å². The maximum atomic E-state index is 12.5. The molecule has 0 aromatic heterocycles. The highest BCUT2D eigenvalue weighted by atomic mass is 31.2. The Morgan fingerprint density at radius 1 is 1.30 bits per heavy atom. The van der Waals surface area contributed by atoms with Crippen LogP contribution in [0.4, 0.5) is 0 Å². The summed E-state index contributed by atoms with van der Waals surface area (Å²) < 4.78 is 25.5. The molecule has 0 spiro atoms. The van der Waals surface area contributed by atoms with Crippen LogP contribution < -0.4 is 5.32 Å². The molecule has 0 aromatic carbocycles. The Bertz CT molecular complexity index is 672. The van der Waals surface area contributed by atoms with E-state index >= 15 is 0 Å². The molecule has 1 aliphatic heterocycles. The van der Waals surface area contributed by atoms with Crippen LogP contribution in [0.5, 0.6) is 0 Å². The van der Waals surface area contributed by atoms with E-state index in [0.29, 0.717) is 0 Å². The van der Waals surface area contributed by atoms with Gasteiger partial charge in [-0.2, -0.15) is 14.7 Å². The highest BCUT2D eigenvalue weighted by molar-refractivity contribution is 7.55. The van der Waals surface area contributed by atoms with Gasteiger partial charge in [0.15, 0.2) is 6.10 Å². The summed E-state index contributed by atoms with van der Waals surface area (Å²) in [6.07, 6.45) is -1.12. The van der Waals surface area contributed by atoms with Crippen molar-refractivity contribution in [1.29, 1.82) is 5.26 Å². The topological polar surface area (TPSA) is 153 Å². The number of carbonyl (C=O) groups excluding carboxylic acids is 3. The van der Waals surface area contributed by atoms with Crippen LogP contribution in [-0.2, 0) is 37.4 Å². The second-order valence-electron chi connectivity index (χ2n) is 8.31. The van der Waals surface area contributed by atoms with E-state index in [1.165, 1.54) is 0 Å². The van der Waals surface area contributed by atoms with Crippen molar-refractivity contribution < 1.29 is 42.3 Å². The second-order valence-corrected chi connectivity index (χ2v) is 9.98. The van der Waals surface area contributed by atoms with Gasteiger partial charge in [-0.05, 0) is 20.8 Å². The average molecular weight is 449 g/mol. The summed E-state index contributed by atoms with van der Waals surface area (Å²) in [5, 5.41) is 10.9. The molecule has 170 valence electrons. The minimum absolute atomic E-state index is 0.00593. The van der Waals surface area contributed by atoms with Crippen LogP contribution in [0.1, 0.15) is 47.5 Å². The van der Waals surface area contributed by atoms with Gasteiger partial charge in [-0.3, -0.25) is 14.4 Å². The first-order valence-corrected chi connectivity index (χ1v) is 10.9. The van der Waals surface area contributed by atoms with Crippen LogP contribution in [-0.4, -0.2) is 55.4 Å². The van der Waals surface area contributed by atoms with E-state index in [-0.39, 0.29) is 32.6 Å². The number of amides is 1. The maximum absolute atomic E-state index is 12.5. The van der Waals surface area contributed by atoms with Gasteiger partial charge in [-0.25, -0.2) is 0 Å². The molecule has 1 fully saturated rings. The number of nitriles is 1. The molecule has 0 radical (unpaired) electrons. The maximum Gasteiger partial charge on any atom is 0.576 e. The zero-order chi connectivity index (χ0) is 23.0. The van der Waals surface area contributed by atoms with Crippen molar-refractivity contribution >= 4 is 26.0 Å². The normalized spacial score (nSPS) is 23.2. The van der Waals surface area contributed by atoms with Gasteiger partial charge >= 0.3 is 20.1 Å². The van der Waals surface area contributed by atoms with Crippen molar-refractivity contribution in [1.82, 2.24) is 5.32 Å². The molecule has 11 nitrogen and oxygen atoms in total. The van der Waals surface area contributed by atoms with Gasteiger partial charge in [0.05, 0.1) is 24.3 Å². The Balaban J connectivity index is 2.56. The number of carbonyl (C=O) groups is 3. The summed E-state index contributed by atoms with van der Waals surface area (Å²) >= 11 is 0. The van der Waals surface area contributed by atoms with E-state index < -0.39 is 49.7 Å². The number of rotatable bonds is 9. The second kappa shape index (κ2) is 11.0. The lowest BCUT2D eigenvalue weighted by molar-refractivity contribution is -0.165. The monoisotopic (exact) mass is 449 g/mol. The Morgan fingerprint density at radius 2 is 1.97 bits per heavy atom. The number of nitrogens with zero attached hydrogens (tertiary/aromatic N) is 1. The molecule has 2 N–H and O–H groups in total. The summed E-state index contributed by atoms with van der Waals surface area (Å²) in [6, 6.07) is 1.85. The van der Waals surface area contributed by atoms with Crippen LogP contribution in [0, 0.1) is 22.2 Å². The predicted octanol–water partition coefficient (Wildman–Crippen LogP) is 1.62. The van der Waals surface area contributed by atoms with Gasteiger partial charge in [-0.15, -0.1) is 9.05 Å². The lowest BCUT2D eigenvalue weighted by Gasteiger charge is -2.36. The Kier molecular flexibility index (Phi) is 9.59.